The van der Waals surface area contributed by atoms with E-state index in [4.69, 9.17) is 11.6 Å². The molecule has 0 fully saturated rings. The molecule has 64 valence electrons. The van der Waals surface area contributed by atoms with E-state index in [0.717, 1.165) is 14.7 Å². The Bertz CT molecular complexity index is 334. The highest BCUT2D eigenvalue weighted by Crippen LogP contribution is 2.19. The Hall–Kier alpha value is -0.0900. The van der Waals surface area contributed by atoms with Crippen LogP contribution in [-0.4, -0.2) is 5.24 Å². The van der Waals surface area contributed by atoms with Crippen molar-refractivity contribution in [2.75, 3.05) is 0 Å². The van der Waals surface area contributed by atoms with Crippen molar-refractivity contribution >= 4 is 39.4 Å². The highest BCUT2D eigenvalue weighted by molar-refractivity contribution is 14.1. The molecule has 0 aromatic heterocycles. The summed E-state index contributed by atoms with van der Waals surface area (Å²) in [4.78, 5) is 10.9. The van der Waals surface area contributed by atoms with Crippen LogP contribution in [0.2, 0.25) is 0 Å². The fourth-order valence-electron chi connectivity index (χ4n) is 1.02. The predicted octanol–water partition coefficient (Wildman–Crippen LogP) is 3.29. The van der Waals surface area contributed by atoms with Crippen LogP contribution in [0.15, 0.2) is 12.1 Å². The first-order valence-corrected chi connectivity index (χ1v) is 4.94. The summed E-state index contributed by atoms with van der Waals surface area (Å²) in [6, 6.07) is 3.83. The Morgan fingerprint density at radius 2 is 2.00 bits per heavy atom. The SMILES string of the molecule is Cc1cc(I)cc(C(=O)Cl)c1C. The number of rotatable bonds is 1. The number of hydrogen-bond acceptors (Lipinski definition) is 1. The van der Waals surface area contributed by atoms with Crippen LogP contribution in [0.25, 0.3) is 0 Å². The van der Waals surface area contributed by atoms with Crippen molar-refractivity contribution in [2.24, 2.45) is 0 Å². The second kappa shape index (κ2) is 3.75. The minimum Gasteiger partial charge on any atom is -0.276 e. The molecule has 0 bridgehead atoms. The molecule has 3 heteroatoms. The van der Waals surface area contributed by atoms with Crippen molar-refractivity contribution in [3.8, 4) is 0 Å². The third-order valence-corrected chi connectivity index (χ3v) is 2.67. The topological polar surface area (TPSA) is 17.1 Å². The first-order chi connectivity index (χ1) is 5.52. The third-order valence-electron chi connectivity index (χ3n) is 1.84. The van der Waals surface area contributed by atoms with Gasteiger partial charge in [0, 0.05) is 9.13 Å². The maximum Gasteiger partial charge on any atom is 0.252 e. The normalized spacial score (nSPS) is 10.0. The van der Waals surface area contributed by atoms with Gasteiger partial charge in [0.2, 0.25) is 0 Å². The lowest BCUT2D eigenvalue weighted by atomic mass is 10.0. The molecule has 1 aromatic carbocycles. The van der Waals surface area contributed by atoms with E-state index in [0.29, 0.717) is 5.56 Å². The van der Waals surface area contributed by atoms with Gasteiger partial charge in [0.25, 0.3) is 5.24 Å². The molecule has 0 amide bonds. The molecule has 1 rings (SSSR count). The molecule has 1 nitrogen and oxygen atoms in total. The molecule has 12 heavy (non-hydrogen) atoms. The Morgan fingerprint density at radius 1 is 1.42 bits per heavy atom. The lowest BCUT2D eigenvalue weighted by Crippen LogP contribution is -1.96. The first-order valence-electron chi connectivity index (χ1n) is 3.49. The monoisotopic (exact) mass is 294 g/mol. The average Bonchev–Trinajstić information content (AvgIpc) is 1.96. The summed E-state index contributed by atoms with van der Waals surface area (Å²) in [5.41, 5.74) is 2.68. The Kier molecular flexibility index (Phi) is 3.12. The number of carbonyl (C=O) groups is 1. The maximum absolute atomic E-state index is 10.9. The highest BCUT2D eigenvalue weighted by Gasteiger charge is 2.08. The van der Waals surface area contributed by atoms with Gasteiger partial charge in [-0.15, -0.1) is 0 Å². The summed E-state index contributed by atoms with van der Waals surface area (Å²) >= 11 is 7.58. The van der Waals surface area contributed by atoms with Crippen LogP contribution in [0.5, 0.6) is 0 Å². The number of hydrogen-bond donors (Lipinski definition) is 0. The molecule has 0 aliphatic rings. The van der Waals surface area contributed by atoms with Crippen LogP contribution in [0, 0.1) is 17.4 Å². The lowest BCUT2D eigenvalue weighted by Gasteiger charge is -2.04. The summed E-state index contributed by atoms with van der Waals surface area (Å²) in [6.45, 7) is 3.88. The molecular formula is C9H8ClIO. The van der Waals surface area contributed by atoms with E-state index in [9.17, 15) is 4.79 Å². The summed E-state index contributed by atoms with van der Waals surface area (Å²) in [7, 11) is 0. The van der Waals surface area contributed by atoms with Crippen LogP contribution in [0.4, 0.5) is 0 Å². The van der Waals surface area contributed by atoms with E-state index in [-0.39, 0.29) is 5.24 Å². The van der Waals surface area contributed by atoms with Gasteiger partial charge in [-0.25, -0.2) is 0 Å². The standard InChI is InChI=1S/C9H8ClIO/c1-5-3-7(11)4-8(6(5)2)9(10)12/h3-4H,1-2H3. The largest absolute Gasteiger partial charge is 0.276 e. The van der Waals surface area contributed by atoms with Gasteiger partial charge < -0.3 is 0 Å². The fourth-order valence-corrected chi connectivity index (χ4v) is 1.99. The zero-order valence-electron chi connectivity index (χ0n) is 6.82. The highest BCUT2D eigenvalue weighted by atomic mass is 127. The van der Waals surface area contributed by atoms with Gasteiger partial charge in [0.05, 0.1) is 0 Å². The first kappa shape index (κ1) is 9.99. The van der Waals surface area contributed by atoms with Crippen molar-refractivity contribution in [2.45, 2.75) is 13.8 Å². The van der Waals surface area contributed by atoms with Crippen molar-refractivity contribution in [3.05, 3.63) is 32.4 Å². The smallest absolute Gasteiger partial charge is 0.252 e. The second-order valence-electron chi connectivity index (χ2n) is 2.67. The van der Waals surface area contributed by atoms with E-state index >= 15 is 0 Å². The van der Waals surface area contributed by atoms with Gasteiger partial charge in [-0.2, -0.15) is 0 Å². The molecule has 0 atom stereocenters. The van der Waals surface area contributed by atoms with Crippen molar-refractivity contribution in [1.82, 2.24) is 0 Å². The summed E-state index contributed by atoms with van der Waals surface area (Å²) in [6.07, 6.45) is 0. The van der Waals surface area contributed by atoms with Crippen molar-refractivity contribution < 1.29 is 4.79 Å². The summed E-state index contributed by atoms with van der Waals surface area (Å²) < 4.78 is 1.04. The maximum atomic E-state index is 10.9. The third kappa shape index (κ3) is 1.98. The zero-order chi connectivity index (χ0) is 9.30. The molecule has 0 N–H and O–H groups in total. The van der Waals surface area contributed by atoms with Crippen LogP contribution in [0.3, 0.4) is 0 Å². The Morgan fingerprint density at radius 3 is 2.50 bits per heavy atom. The molecular weight excluding hydrogens is 286 g/mol. The van der Waals surface area contributed by atoms with E-state index in [1.54, 1.807) is 6.07 Å². The minimum absolute atomic E-state index is 0.380. The van der Waals surface area contributed by atoms with E-state index in [1.165, 1.54) is 0 Å². The van der Waals surface area contributed by atoms with E-state index in [1.807, 2.05) is 19.9 Å². The molecule has 1 aromatic rings. The molecule has 0 aliphatic heterocycles. The molecule has 0 saturated heterocycles. The number of benzene rings is 1. The summed E-state index contributed by atoms with van der Waals surface area (Å²) in [5, 5.41) is -0.380. The molecule has 0 saturated carbocycles. The average molecular weight is 295 g/mol. The number of halogens is 2. The Balaban J connectivity index is 3.37. The van der Waals surface area contributed by atoms with Gasteiger partial charge in [0.15, 0.2) is 0 Å². The number of carbonyl (C=O) groups excluding carboxylic acids is 1. The van der Waals surface area contributed by atoms with E-state index < -0.39 is 0 Å². The molecule has 0 spiro atoms. The van der Waals surface area contributed by atoms with Crippen LogP contribution in [0.1, 0.15) is 21.5 Å². The lowest BCUT2D eigenvalue weighted by molar-refractivity contribution is 0.108. The molecule has 0 radical (unpaired) electrons. The van der Waals surface area contributed by atoms with Crippen LogP contribution >= 0.6 is 34.2 Å². The fraction of sp³-hybridized carbons (Fsp3) is 0.222. The molecule has 0 unspecified atom stereocenters. The molecule has 0 aliphatic carbocycles. The Labute approximate surface area is 90.3 Å². The van der Waals surface area contributed by atoms with Crippen LogP contribution in [-0.2, 0) is 0 Å². The van der Waals surface area contributed by atoms with Gasteiger partial charge in [-0.05, 0) is 71.3 Å². The predicted molar refractivity (Wildman–Crippen MR) is 58.8 cm³/mol. The minimum atomic E-state index is -0.380. The van der Waals surface area contributed by atoms with Gasteiger partial charge >= 0.3 is 0 Å². The van der Waals surface area contributed by atoms with Gasteiger partial charge in [-0.1, -0.05) is 0 Å². The zero-order valence-corrected chi connectivity index (χ0v) is 9.73. The second-order valence-corrected chi connectivity index (χ2v) is 4.26. The van der Waals surface area contributed by atoms with Gasteiger partial charge in [0.1, 0.15) is 0 Å². The van der Waals surface area contributed by atoms with Crippen molar-refractivity contribution in [1.29, 1.82) is 0 Å². The van der Waals surface area contributed by atoms with Crippen LogP contribution < -0.4 is 0 Å². The summed E-state index contributed by atoms with van der Waals surface area (Å²) in [5.74, 6) is 0. The quantitative estimate of drug-likeness (QED) is 0.574. The molecule has 0 heterocycles. The van der Waals surface area contributed by atoms with Crippen molar-refractivity contribution in [3.63, 3.8) is 0 Å². The number of aryl methyl sites for hydroxylation is 1. The van der Waals surface area contributed by atoms with E-state index in [2.05, 4.69) is 22.6 Å². The van der Waals surface area contributed by atoms with Gasteiger partial charge in [-0.3, -0.25) is 4.79 Å².